The first-order valence-corrected chi connectivity index (χ1v) is 6.88. The van der Waals surface area contributed by atoms with Gasteiger partial charge in [-0.2, -0.15) is 13.2 Å². The number of hydrogen-bond donors (Lipinski definition) is 1. The van der Waals surface area contributed by atoms with E-state index >= 15 is 0 Å². The topological polar surface area (TPSA) is 41.6 Å². The molecule has 0 bridgehead atoms. The Morgan fingerprint density at radius 2 is 2.18 bits per heavy atom. The number of carbonyl (C=O) groups excluding carboxylic acids is 1. The smallest absolute Gasteiger partial charge is 0.416 e. The lowest BCUT2D eigenvalue weighted by molar-refractivity contribution is -0.137. The van der Waals surface area contributed by atoms with Crippen molar-refractivity contribution in [3.63, 3.8) is 0 Å². The first-order chi connectivity index (χ1) is 10.4. The third kappa shape index (κ3) is 4.16. The zero-order valence-electron chi connectivity index (χ0n) is 12.1. The van der Waals surface area contributed by atoms with E-state index in [1.165, 1.54) is 12.1 Å². The molecule has 1 aliphatic heterocycles. The highest BCUT2D eigenvalue weighted by molar-refractivity contribution is 5.75. The Bertz CT molecular complexity index is 552. The lowest BCUT2D eigenvalue weighted by atomic mass is 10.1. The predicted octanol–water partition coefficient (Wildman–Crippen LogP) is 3.05. The third-order valence-corrected chi connectivity index (χ3v) is 3.21. The number of rotatable bonds is 4. The highest BCUT2D eigenvalue weighted by Crippen LogP contribution is 2.31. The SMILES string of the molecule is CC=CCNC(=O)N1CC(Oc2cccc(C(F)(F)F)c2)C1. The van der Waals surface area contributed by atoms with Crippen molar-refractivity contribution in [1.29, 1.82) is 0 Å². The van der Waals surface area contributed by atoms with Crippen LogP contribution in [0.5, 0.6) is 5.75 Å². The van der Waals surface area contributed by atoms with Crippen LogP contribution in [0.4, 0.5) is 18.0 Å². The number of alkyl halides is 3. The number of urea groups is 1. The van der Waals surface area contributed by atoms with E-state index in [0.717, 1.165) is 12.1 Å². The maximum atomic E-state index is 12.6. The second kappa shape index (κ2) is 6.72. The molecule has 1 aromatic carbocycles. The molecule has 1 saturated heterocycles. The van der Waals surface area contributed by atoms with Gasteiger partial charge in [0.05, 0.1) is 18.7 Å². The summed E-state index contributed by atoms with van der Waals surface area (Å²) in [5.74, 6) is 0.161. The summed E-state index contributed by atoms with van der Waals surface area (Å²) in [5.41, 5.74) is -0.745. The van der Waals surface area contributed by atoms with Gasteiger partial charge in [-0.1, -0.05) is 18.2 Å². The van der Waals surface area contributed by atoms with Crippen LogP contribution in [0.15, 0.2) is 36.4 Å². The van der Waals surface area contributed by atoms with Gasteiger partial charge >= 0.3 is 12.2 Å². The second-order valence-electron chi connectivity index (χ2n) is 4.93. The quantitative estimate of drug-likeness (QED) is 0.868. The van der Waals surface area contributed by atoms with Crippen LogP contribution in [0, 0.1) is 0 Å². The summed E-state index contributed by atoms with van der Waals surface area (Å²) in [7, 11) is 0. The average Bonchev–Trinajstić information content (AvgIpc) is 2.42. The van der Waals surface area contributed by atoms with Crippen molar-refractivity contribution in [3.05, 3.63) is 42.0 Å². The number of nitrogens with zero attached hydrogens (tertiary/aromatic N) is 1. The van der Waals surface area contributed by atoms with E-state index in [0.29, 0.717) is 19.6 Å². The zero-order valence-corrected chi connectivity index (χ0v) is 12.1. The number of hydrogen-bond acceptors (Lipinski definition) is 2. The van der Waals surface area contributed by atoms with Gasteiger partial charge in [0, 0.05) is 6.54 Å². The Kier molecular flexibility index (Phi) is 4.95. The molecule has 120 valence electrons. The Morgan fingerprint density at radius 1 is 1.45 bits per heavy atom. The number of benzene rings is 1. The van der Waals surface area contributed by atoms with E-state index in [4.69, 9.17) is 4.74 Å². The molecule has 7 heteroatoms. The fraction of sp³-hybridized carbons (Fsp3) is 0.400. The molecule has 1 fully saturated rings. The second-order valence-corrected chi connectivity index (χ2v) is 4.93. The molecule has 1 aliphatic rings. The van der Waals surface area contributed by atoms with E-state index in [1.54, 1.807) is 4.90 Å². The van der Waals surface area contributed by atoms with Crippen molar-refractivity contribution in [2.24, 2.45) is 0 Å². The molecule has 2 amide bonds. The van der Waals surface area contributed by atoms with Crippen LogP contribution in [0.2, 0.25) is 0 Å². The molecule has 1 N–H and O–H groups in total. The summed E-state index contributed by atoms with van der Waals surface area (Å²) in [6.45, 7) is 3.02. The van der Waals surface area contributed by atoms with E-state index in [1.807, 2.05) is 19.1 Å². The van der Waals surface area contributed by atoms with Crippen LogP contribution in [0.1, 0.15) is 12.5 Å². The van der Waals surface area contributed by atoms with Crippen LogP contribution in [0.25, 0.3) is 0 Å². The van der Waals surface area contributed by atoms with Gasteiger partial charge in [-0.3, -0.25) is 0 Å². The number of likely N-dealkylation sites (tertiary alicyclic amines) is 1. The lowest BCUT2D eigenvalue weighted by Crippen LogP contribution is -2.58. The number of halogens is 3. The summed E-state index contributed by atoms with van der Waals surface area (Å²) < 4.78 is 43.2. The van der Waals surface area contributed by atoms with E-state index in [9.17, 15) is 18.0 Å². The Balaban J connectivity index is 1.82. The minimum absolute atomic E-state index is 0.161. The molecular formula is C15H17F3N2O2. The normalized spacial score (nSPS) is 15.7. The first kappa shape index (κ1) is 16.2. The molecule has 1 aromatic rings. The molecule has 0 radical (unpaired) electrons. The minimum Gasteiger partial charge on any atom is -0.487 e. The molecule has 2 rings (SSSR count). The Morgan fingerprint density at radius 3 is 2.82 bits per heavy atom. The van der Waals surface area contributed by atoms with Crippen molar-refractivity contribution < 1.29 is 22.7 Å². The monoisotopic (exact) mass is 314 g/mol. The first-order valence-electron chi connectivity index (χ1n) is 6.88. The lowest BCUT2D eigenvalue weighted by Gasteiger charge is -2.38. The summed E-state index contributed by atoms with van der Waals surface area (Å²) in [5, 5.41) is 2.69. The minimum atomic E-state index is -4.39. The van der Waals surface area contributed by atoms with Gasteiger partial charge in [0.15, 0.2) is 0 Å². The standard InChI is InChI=1S/C15H17F3N2O2/c1-2-3-7-19-14(21)20-9-13(10-20)22-12-6-4-5-11(8-12)15(16,17)18/h2-6,8,13H,7,9-10H2,1H3,(H,19,21). The molecule has 0 spiro atoms. The molecule has 0 aromatic heterocycles. The van der Waals surface area contributed by atoms with Gasteiger partial charge in [-0.25, -0.2) is 4.79 Å². The molecule has 0 unspecified atom stereocenters. The zero-order chi connectivity index (χ0) is 16.2. The number of nitrogens with one attached hydrogen (secondary N) is 1. The van der Waals surface area contributed by atoms with Crippen molar-refractivity contribution in [1.82, 2.24) is 10.2 Å². The van der Waals surface area contributed by atoms with Crippen LogP contribution < -0.4 is 10.1 Å². The number of ether oxygens (including phenoxy) is 1. The molecule has 0 saturated carbocycles. The van der Waals surface area contributed by atoms with Gasteiger partial charge in [-0.05, 0) is 25.1 Å². The van der Waals surface area contributed by atoms with Crippen molar-refractivity contribution in [2.45, 2.75) is 19.2 Å². The summed E-state index contributed by atoms with van der Waals surface area (Å²) >= 11 is 0. The maximum absolute atomic E-state index is 12.6. The van der Waals surface area contributed by atoms with E-state index in [2.05, 4.69) is 5.32 Å². The number of amides is 2. The van der Waals surface area contributed by atoms with Crippen LogP contribution >= 0.6 is 0 Å². The van der Waals surface area contributed by atoms with E-state index < -0.39 is 11.7 Å². The van der Waals surface area contributed by atoms with Crippen LogP contribution in [-0.4, -0.2) is 36.7 Å². The summed E-state index contributed by atoms with van der Waals surface area (Å²) in [4.78, 5) is 13.2. The van der Waals surface area contributed by atoms with Crippen LogP contribution in [-0.2, 0) is 6.18 Å². The number of allylic oxidation sites excluding steroid dienone is 1. The highest BCUT2D eigenvalue weighted by Gasteiger charge is 2.33. The average molecular weight is 314 g/mol. The van der Waals surface area contributed by atoms with E-state index in [-0.39, 0.29) is 17.9 Å². The van der Waals surface area contributed by atoms with Gasteiger partial charge < -0.3 is 15.0 Å². The Labute approximate surface area is 126 Å². The van der Waals surface area contributed by atoms with Gasteiger partial charge in [0.1, 0.15) is 11.9 Å². The number of carbonyl (C=O) groups is 1. The molecule has 4 nitrogen and oxygen atoms in total. The predicted molar refractivity (Wildman–Crippen MR) is 75.6 cm³/mol. The summed E-state index contributed by atoms with van der Waals surface area (Å²) in [6, 6.07) is 4.54. The van der Waals surface area contributed by atoms with Gasteiger partial charge in [0.25, 0.3) is 0 Å². The molecule has 0 aliphatic carbocycles. The van der Waals surface area contributed by atoms with Crippen molar-refractivity contribution >= 4 is 6.03 Å². The summed E-state index contributed by atoms with van der Waals surface area (Å²) in [6.07, 6.45) is -1.03. The molecule has 0 atom stereocenters. The van der Waals surface area contributed by atoms with Gasteiger partial charge in [-0.15, -0.1) is 0 Å². The molecule has 1 heterocycles. The maximum Gasteiger partial charge on any atom is 0.416 e. The fourth-order valence-corrected chi connectivity index (χ4v) is 1.99. The van der Waals surface area contributed by atoms with Crippen molar-refractivity contribution in [3.8, 4) is 5.75 Å². The largest absolute Gasteiger partial charge is 0.487 e. The van der Waals surface area contributed by atoms with Crippen molar-refractivity contribution in [2.75, 3.05) is 19.6 Å². The van der Waals surface area contributed by atoms with Crippen LogP contribution in [0.3, 0.4) is 0 Å². The van der Waals surface area contributed by atoms with Gasteiger partial charge in [0.2, 0.25) is 0 Å². The molecular weight excluding hydrogens is 297 g/mol. The highest BCUT2D eigenvalue weighted by atomic mass is 19.4. The third-order valence-electron chi connectivity index (χ3n) is 3.21. The Hall–Kier alpha value is -2.18. The molecule has 22 heavy (non-hydrogen) atoms. The fourth-order valence-electron chi connectivity index (χ4n) is 1.99.